The molecule has 1 fully saturated rings. The van der Waals surface area contributed by atoms with Crippen LogP contribution in [-0.4, -0.2) is 42.1 Å². The van der Waals surface area contributed by atoms with E-state index in [1.807, 2.05) is 20.8 Å². The third kappa shape index (κ3) is 5.44. The molecule has 2 amide bonds. The van der Waals surface area contributed by atoms with Crippen molar-refractivity contribution in [1.29, 1.82) is 0 Å². The zero-order chi connectivity index (χ0) is 19.3. The van der Waals surface area contributed by atoms with Crippen LogP contribution in [0.2, 0.25) is 0 Å². The van der Waals surface area contributed by atoms with Crippen molar-refractivity contribution < 1.29 is 18.7 Å². The van der Waals surface area contributed by atoms with E-state index in [9.17, 15) is 14.0 Å². The van der Waals surface area contributed by atoms with Gasteiger partial charge in [-0.25, -0.2) is 9.18 Å². The van der Waals surface area contributed by atoms with Crippen LogP contribution in [0.4, 0.5) is 14.9 Å². The Morgan fingerprint density at radius 1 is 1.31 bits per heavy atom. The van der Waals surface area contributed by atoms with E-state index in [4.69, 9.17) is 4.74 Å². The summed E-state index contributed by atoms with van der Waals surface area (Å²) in [4.78, 5) is 27.9. The lowest BCUT2D eigenvalue weighted by molar-refractivity contribution is -0.118. The number of halogens is 1. The van der Waals surface area contributed by atoms with Crippen molar-refractivity contribution in [2.24, 2.45) is 5.92 Å². The normalized spacial score (nSPS) is 17.7. The molecule has 1 heterocycles. The molecule has 1 saturated heterocycles. The van der Waals surface area contributed by atoms with Crippen LogP contribution in [0.15, 0.2) is 24.3 Å². The topological polar surface area (TPSA) is 49.9 Å². The molecule has 1 unspecified atom stereocenters. The highest BCUT2D eigenvalue weighted by atomic mass is 19.1. The zero-order valence-electron chi connectivity index (χ0n) is 16.1. The Hall–Kier alpha value is -2.11. The molecule has 1 aromatic carbocycles. The molecule has 1 aliphatic heterocycles. The lowest BCUT2D eigenvalue weighted by Gasteiger charge is -2.36. The van der Waals surface area contributed by atoms with E-state index in [1.54, 1.807) is 30.0 Å². The summed E-state index contributed by atoms with van der Waals surface area (Å²) in [6.07, 6.45) is 1.70. The number of benzene rings is 1. The minimum Gasteiger partial charge on any atom is -0.444 e. The Morgan fingerprint density at radius 2 is 2.00 bits per heavy atom. The number of piperidine rings is 1. The van der Waals surface area contributed by atoms with Crippen LogP contribution in [0, 0.1) is 11.7 Å². The van der Waals surface area contributed by atoms with Gasteiger partial charge in [0.1, 0.15) is 11.4 Å². The van der Waals surface area contributed by atoms with E-state index < -0.39 is 11.4 Å². The molecule has 0 aliphatic carbocycles. The fourth-order valence-corrected chi connectivity index (χ4v) is 3.16. The number of nitrogens with zero attached hydrogens (tertiary/aromatic N) is 2. The second kappa shape index (κ2) is 8.52. The first-order valence-electron chi connectivity index (χ1n) is 9.24. The van der Waals surface area contributed by atoms with Crippen molar-refractivity contribution in [2.75, 3.05) is 24.5 Å². The molecule has 144 valence electrons. The third-order valence-corrected chi connectivity index (χ3v) is 4.36. The number of anilines is 1. The number of ether oxygens (including phenoxy) is 1. The molecule has 1 atom stereocenters. The molecule has 1 aromatic rings. The lowest BCUT2D eigenvalue weighted by atomic mass is 9.97. The average molecular weight is 364 g/mol. The summed E-state index contributed by atoms with van der Waals surface area (Å²) in [5, 5.41) is 0. The minimum absolute atomic E-state index is 0.0892. The van der Waals surface area contributed by atoms with Gasteiger partial charge in [0.2, 0.25) is 5.91 Å². The minimum atomic E-state index is -0.540. The standard InChI is InChI=1S/C20H29FN2O3/c1-5-18(24)23(17-11-7-6-10-16(17)21)14-15-9-8-12-22(13-15)19(25)26-20(2,3)4/h6-7,10-11,15H,5,8-9,12-14H2,1-4H3. The maximum absolute atomic E-state index is 14.2. The first-order valence-corrected chi connectivity index (χ1v) is 9.24. The summed E-state index contributed by atoms with van der Waals surface area (Å²) in [7, 11) is 0. The van der Waals surface area contributed by atoms with Crippen LogP contribution < -0.4 is 4.90 Å². The monoisotopic (exact) mass is 364 g/mol. The predicted molar refractivity (Wildman–Crippen MR) is 99.6 cm³/mol. The van der Waals surface area contributed by atoms with Crippen LogP contribution in [0.25, 0.3) is 0 Å². The van der Waals surface area contributed by atoms with Gasteiger partial charge in [0.05, 0.1) is 5.69 Å². The Kier molecular flexibility index (Phi) is 6.62. The van der Waals surface area contributed by atoms with Crippen LogP contribution >= 0.6 is 0 Å². The van der Waals surface area contributed by atoms with Gasteiger partial charge in [0.15, 0.2) is 0 Å². The van der Waals surface area contributed by atoms with E-state index >= 15 is 0 Å². The Balaban J connectivity index is 2.09. The number of carbonyl (C=O) groups is 2. The molecule has 0 bridgehead atoms. The first-order chi connectivity index (χ1) is 12.2. The molecular formula is C20H29FN2O3. The highest BCUT2D eigenvalue weighted by molar-refractivity contribution is 5.93. The van der Waals surface area contributed by atoms with Crippen molar-refractivity contribution in [2.45, 2.75) is 52.6 Å². The molecule has 0 saturated carbocycles. The summed E-state index contributed by atoms with van der Waals surface area (Å²) >= 11 is 0. The molecule has 0 spiro atoms. The number of carbonyl (C=O) groups excluding carboxylic acids is 2. The van der Waals surface area contributed by atoms with E-state index in [0.717, 1.165) is 12.8 Å². The summed E-state index contributed by atoms with van der Waals surface area (Å²) in [5.41, 5.74) is -0.241. The molecule has 0 radical (unpaired) electrons. The maximum atomic E-state index is 14.2. The van der Waals surface area contributed by atoms with E-state index in [0.29, 0.717) is 31.7 Å². The SMILES string of the molecule is CCC(=O)N(CC1CCCN(C(=O)OC(C)(C)C)C1)c1ccccc1F. The molecule has 2 rings (SSSR count). The molecule has 0 N–H and O–H groups in total. The van der Waals surface area contributed by atoms with Gasteiger partial charge in [-0.1, -0.05) is 19.1 Å². The highest BCUT2D eigenvalue weighted by Crippen LogP contribution is 2.25. The van der Waals surface area contributed by atoms with Crippen LogP contribution in [-0.2, 0) is 9.53 Å². The Labute approximate surface area is 155 Å². The fourth-order valence-electron chi connectivity index (χ4n) is 3.16. The summed E-state index contributed by atoms with van der Waals surface area (Å²) in [6, 6.07) is 6.32. The third-order valence-electron chi connectivity index (χ3n) is 4.36. The largest absolute Gasteiger partial charge is 0.444 e. The molecular weight excluding hydrogens is 335 g/mol. The average Bonchev–Trinajstić information content (AvgIpc) is 2.58. The highest BCUT2D eigenvalue weighted by Gasteiger charge is 2.30. The van der Waals surface area contributed by atoms with E-state index in [2.05, 4.69) is 0 Å². The van der Waals surface area contributed by atoms with Crippen molar-refractivity contribution in [3.05, 3.63) is 30.1 Å². The van der Waals surface area contributed by atoms with Crippen molar-refractivity contribution >= 4 is 17.7 Å². The maximum Gasteiger partial charge on any atom is 0.410 e. The summed E-state index contributed by atoms with van der Waals surface area (Å²) < 4.78 is 19.7. The predicted octanol–water partition coefficient (Wildman–Crippen LogP) is 4.22. The van der Waals surface area contributed by atoms with Crippen LogP contribution in [0.5, 0.6) is 0 Å². The smallest absolute Gasteiger partial charge is 0.410 e. The van der Waals surface area contributed by atoms with Gasteiger partial charge < -0.3 is 14.5 Å². The summed E-state index contributed by atoms with van der Waals surface area (Å²) in [6.45, 7) is 8.84. The Morgan fingerprint density at radius 3 is 2.62 bits per heavy atom. The molecule has 5 nitrogen and oxygen atoms in total. The molecule has 26 heavy (non-hydrogen) atoms. The number of amides is 2. The van der Waals surface area contributed by atoms with Gasteiger partial charge in [0.25, 0.3) is 0 Å². The van der Waals surface area contributed by atoms with E-state index in [-0.39, 0.29) is 17.9 Å². The second-order valence-corrected chi connectivity index (χ2v) is 7.74. The molecule has 6 heteroatoms. The Bertz CT molecular complexity index is 642. The van der Waals surface area contributed by atoms with Crippen molar-refractivity contribution in [3.8, 4) is 0 Å². The zero-order valence-corrected chi connectivity index (χ0v) is 16.1. The fraction of sp³-hybridized carbons (Fsp3) is 0.600. The summed E-state index contributed by atoms with van der Waals surface area (Å²) in [5.74, 6) is -0.440. The van der Waals surface area contributed by atoms with Gasteiger partial charge in [-0.2, -0.15) is 0 Å². The first kappa shape index (κ1) is 20.2. The number of rotatable bonds is 4. The van der Waals surface area contributed by atoms with Gasteiger partial charge in [-0.05, 0) is 51.7 Å². The second-order valence-electron chi connectivity index (χ2n) is 7.74. The lowest BCUT2D eigenvalue weighted by Crippen LogP contribution is -2.46. The van der Waals surface area contributed by atoms with Gasteiger partial charge in [-0.3, -0.25) is 4.79 Å². The molecule has 1 aliphatic rings. The number of hydrogen-bond acceptors (Lipinski definition) is 3. The van der Waals surface area contributed by atoms with Gasteiger partial charge >= 0.3 is 6.09 Å². The number of para-hydroxylation sites is 1. The van der Waals surface area contributed by atoms with Crippen LogP contribution in [0.3, 0.4) is 0 Å². The number of likely N-dealkylation sites (tertiary alicyclic amines) is 1. The van der Waals surface area contributed by atoms with Gasteiger partial charge in [-0.15, -0.1) is 0 Å². The van der Waals surface area contributed by atoms with E-state index in [1.165, 1.54) is 11.0 Å². The van der Waals surface area contributed by atoms with Crippen molar-refractivity contribution in [3.63, 3.8) is 0 Å². The van der Waals surface area contributed by atoms with Crippen molar-refractivity contribution in [1.82, 2.24) is 4.90 Å². The van der Waals surface area contributed by atoms with Crippen LogP contribution in [0.1, 0.15) is 47.0 Å². The van der Waals surface area contributed by atoms with Gasteiger partial charge in [0, 0.05) is 26.1 Å². The quantitative estimate of drug-likeness (QED) is 0.804. The number of hydrogen-bond donors (Lipinski definition) is 0. The molecule has 0 aromatic heterocycles.